The van der Waals surface area contributed by atoms with Crippen molar-refractivity contribution in [1.82, 2.24) is 5.32 Å². The quantitative estimate of drug-likeness (QED) is 0.186. The van der Waals surface area contributed by atoms with Crippen LogP contribution in [0.2, 0.25) is 0 Å². The van der Waals surface area contributed by atoms with Crippen LogP contribution in [-0.4, -0.2) is 5.84 Å². The van der Waals surface area contributed by atoms with E-state index in [1.165, 1.54) is 64.0 Å². The fourth-order valence-corrected chi connectivity index (χ4v) is 9.94. The lowest BCUT2D eigenvalue weighted by atomic mass is 9.94. The van der Waals surface area contributed by atoms with Gasteiger partial charge < -0.3 is 9.73 Å². The van der Waals surface area contributed by atoms with Crippen LogP contribution in [0, 0.1) is 0 Å². The maximum Gasteiger partial charge on any atom is 0.136 e. The average Bonchev–Trinajstić information content (AvgIpc) is 3.81. The molecule has 252 valence electrons. The summed E-state index contributed by atoms with van der Waals surface area (Å²) in [5, 5.41) is 16.1. The van der Waals surface area contributed by atoms with E-state index in [1.807, 2.05) is 11.8 Å². The average molecular weight is 707 g/mol. The lowest BCUT2D eigenvalue weighted by molar-refractivity contribution is 0.669. The first kappa shape index (κ1) is 29.9. The molecular weight excluding hydrogens is 677 g/mol. The predicted molar refractivity (Wildman–Crippen MR) is 227 cm³/mol. The molecule has 0 spiro atoms. The molecule has 9 aromatic carbocycles. The Morgan fingerprint density at radius 2 is 1.15 bits per heavy atom. The molecule has 1 atom stereocenters. The largest absolute Gasteiger partial charge is 0.456 e. The third-order valence-electron chi connectivity index (χ3n) is 11.3. The second-order valence-corrected chi connectivity index (χ2v) is 15.4. The summed E-state index contributed by atoms with van der Waals surface area (Å²) in [5.74, 6) is 0.858. The summed E-state index contributed by atoms with van der Waals surface area (Å²) in [6, 6.07) is 61.3. The Labute approximate surface area is 315 Å². The molecule has 0 amide bonds. The van der Waals surface area contributed by atoms with Crippen molar-refractivity contribution >= 4 is 88.3 Å². The summed E-state index contributed by atoms with van der Waals surface area (Å²) in [4.78, 5) is 7.96. The van der Waals surface area contributed by atoms with Gasteiger partial charge in [0, 0.05) is 31.7 Å². The first-order valence-corrected chi connectivity index (χ1v) is 19.2. The highest BCUT2D eigenvalue weighted by Crippen LogP contribution is 2.52. The zero-order valence-corrected chi connectivity index (χ0v) is 29.8. The number of aliphatic imine (C=N–C) groups is 1. The smallest absolute Gasteiger partial charge is 0.136 e. The normalized spacial score (nSPS) is 15.3. The standard InChI is InChI=1S/C50H30N2OS/c1-2-10-31-27-35(17-16-29(31)8-1)47-49-48(41-12-5-6-15-45(41)54-49)52-50(51-47)42-13-7-14-43-46(42)40-25-20-33(28-44(40)53-43)32-19-22-37-34(26-32)21-24-38-36-11-4-3-9-30(36)18-23-39(37)38/h1-28,48H,(H,51,52). The molecule has 10 aromatic rings. The molecule has 12 rings (SSSR count). The van der Waals surface area contributed by atoms with Crippen molar-refractivity contribution in [1.29, 1.82) is 0 Å². The van der Waals surface area contributed by atoms with Gasteiger partial charge in [-0.1, -0.05) is 145 Å². The van der Waals surface area contributed by atoms with Crippen LogP contribution in [0.1, 0.15) is 22.7 Å². The van der Waals surface area contributed by atoms with Crippen molar-refractivity contribution < 1.29 is 4.42 Å². The third kappa shape index (κ3) is 4.47. The fourth-order valence-electron chi connectivity index (χ4n) is 8.69. The van der Waals surface area contributed by atoms with E-state index < -0.39 is 0 Å². The molecule has 2 aliphatic heterocycles. The minimum Gasteiger partial charge on any atom is -0.456 e. The van der Waals surface area contributed by atoms with E-state index in [-0.39, 0.29) is 6.04 Å². The highest BCUT2D eigenvalue weighted by Gasteiger charge is 2.35. The molecule has 0 saturated heterocycles. The van der Waals surface area contributed by atoms with Gasteiger partial charge in [0.25, 0.3) is 0 Å². The molecule has 54 heavy (non-hydrogen) atoms. The Hall–Kier alpha value is -6.62. The summed E-state index contributed by atoms with van der Waals surface area (Å²) in [6.07, 6.45) is 0. The Morgan fingerprint density at radius 1 is 0.481 bits per heavy atom. The summed E-state index contributed by atoms with van der Waals surface area (Å²) in [6.45, 7) is 0. The van der Waals surface area contributed by atoms with Crippen LogP contribution in [0.15, 0.2) is 189 Å². The van der Waals surface area contributed by atoms with Crippen molar-refractivity contribution in [3.63, 3.8) is 0 Å². The number of hydrogen-bond acceptors (Lipinski definition) is 4. The van der Waals surface area contributed by atoms with Crippen LogP contribution in [0.4, 0.5) is 0 Å². The Bertz CT molecular complexity index is 3300. The molecule has 1 N–H and O–H groups in total. The minimum atomic E-state index is 0.0175. The summed E-state index contributed by atoms with van der Waals surface area (Å²) >= 11 is 1.83. The topological polar surface area (TPSA) is 37.5 Å². The minimum absolute atomic E-state index is 0.0175. The Balaban J connectivity index is 0.979. The van der Waals surface area contributed by atoms with E-state index >= 15 is 0 Å². The molecular formula is C50H30N2OS. The second kappa shape index (κ2) is 11.4. The van der Waals surface area contributed by atoms with Gasteiger partial charge in [0.15, 0.2) is 0 Å². The number of nitrogens with one attached hydrogen (secondary N) is 1. The number of hydrogen-bond donors (Lipinski definition) is 1. The zero-order chi connectivity index (χ0) is 35.3. The molecule has 3 heterocycles. The predicted octanol–water partition coefficient (Wildman–Crippen LogP) is 13.4. The van der Waals surface area contributed by atoms with E-state index in [0.717, 1.165) is 50.2 Å². The maximum atomic E-state index is 6.64. The van der Waals surface area contributed by atoms with Gasteiger partial charge in [0.05, 0.1) is 11.7 Å². The molecule has 4 heteroatoms. The molecule has 0 aliphatic carbocycles. The number of thioether (sulfide) groups is 1. The van der Waals surface area contributed by atoms with Gasteiger partial charge in [-0.3, -0.25) is 0 Å². The van der Waals surface area contributed by atoms with Crippen LogP contribution in [-0.2, 0) is 0 Å². The number of rotatable bonds is 3. The van der Waals surface area contributed by atoms with Crippen LogP contribution in [0.3, 0.4) is 0 Å². The van der Waals surface area contributed by atoms with Crippen molar-refractivity contribution in [2.24, 2.45) is 4.99 Å². The van der Waals surface area contributed by atoms with Gasteiger partial charge in [-0.05, 0) is 96.2 Å². The molecule has 0 radical (unpaired) electrons. The van der Waals surface area contributed by atoms with Crippen molar-refractivity contribution in [3.05, 3.63) is 191 Å². The highest BCUT2D eigenvalue weighted by atomic mass is 32.2. The molecule has 1 aromatic heterocycles. The van der Waals surface area contributed by atoms with E-state index in [2.05, 4.69) is 175 Å². The molecule has 0 bridgehead atoms. The van der Waals surface area contributed by atoms with E-state index in [9.17, 15) is 0 Å². The summed E-state index contributed by atoms with van der Waals surface area (Å²) in [7, 11) is 0. The lowest BCUT2D eigenvalue weighted by Gasteiger charge is -2.26. The second-order valence-electron chi connectivity index (χ2n) is 14.3. The molecule has 0 saturated carbocycles. The molecule has 1 unspecified atom stereocenters. The molecule has 3 nitrogen and oxygen atoms in total. The van der Waals surface area contributed by atoms with Gasteiger partial charge >= 0.3 is 0 Å². The summed E-state index contributed by atoms with van der Waals surface area (Å²) < 4.78 is 6.64. The monoisotopic (exact) mass is 706 g/mol. The van der Waals surface area contributed by atoms with E-state index in [4.69, 9.17) is 9.41 Å². The number of furan rings is 1. The van der Waals surface area contributed by atoms with Gasteiger partial charge in [0.2, 0.25) is 0 Å². The number of fused-ring (bicyclic) bond motifs is 12. The fraction of sp³-hybridized carbons (Fsp3) is 0.0200. The molecule has 2 aliphatic rings. The third-order valence-corrected chi connectivity index (χ3v) is 12.5. The van der Waals surface area contributed by atoms with Crippen molar-refractivity contribution in [2.75, 3.05) is 0 Å². The number of benzene rings is 9. The van der Waals surface area contributed by atoms with Gasteiger partial charge in [0.1, 0.15) is 17.0 Å². The number of amidine groups is 1. The Morgan fingerprint density at radius 3 is 2.06 bits per heavy atom. The molecule has 0 fully saturated rings. The van der Waals surface area contributed by atoms with Crippen LogP contribution in [0.25, 0.3) is 81.9 Å². The number of nitrogens with zero attached hydrogens (tertiary/aromatic N) is 1. The van der Waals surface area contributed by atoms with Crippen LogP contribution < -0.4 is 5.32 Å². The summed E-state index contributed by atoms with van der Waals surface area (Å²) in [5.41, 5.74) is 8.48. The van der Waals surface area contributed by atoms with Gasteiger partial charge in [-0.2, -0.15) is 0 Å². The van der Waals surface area contributed by atoms with Gasteiger partial charge in [-0.15, -0.1) is 0 Å². The van der Waals surface area contributed by atoms with E-state index in [1.54, 1.807) is 0 Å². The van der Waals surface area contributed by atoms with Gasteiger partial charge in [-0.25, -0.2) is 4.99 Å². The van der Waals surface area contributed by atoms with Crippen LogP contribution in [0.5, 0.6) is 0 Å². The van der Waals surface area contributed by atoms with Crippen molar-refractivity contribution in [2.45, 2.75) is 10.9 Å². The SMILES string of the molecule is c1ccc2c(c1)SC1=C(c3ccc4ccccc4c3)N=C(c3cccc4oc5cc(-c6ccc7c(ccc8c9ccccc9ccc78)c6)ccc5c34)NC12. The lowest BCUT2D eigenvalue weighted by Crippen LogP contribution is -2.32. The Kier molecular flexibility index (Phi) is 6.33. The first-order valence-electron chi connectivity index (χ1n) is 18.4. The first-order chi connectivity index (χ1) is 26.7. The van der Waals surface area contributed by atoms with E-state index in [0.29, 0.717) is 0 Å². The highest BCUT2D eigenvalue weighted by molar-refractivity contribution is 8.03. The maximum absolute atomic E-state index is 6.64. The van der Waals surface area contributed by atoms with Crippen LogP contribution >= 0.6 is 11.8 Å². The zero-order valence-electron chi connectivity index (χ0n) is 29.0. The van der Waals surface area contributed by atoms with Crippen molar-refractivity contribution in [3.8, 4) is 11.1 Å².